The maximum absolute atomic E-state index is 10.8. The highest BCUT2D eigenvalue weighted by Gasteiger charge is 2.49. The van der Waals surface area contributed by atoms with Crippen LogP contribution in [0.5, 0.6) is 0 Å². The first-order valence-electron chi connectivity index (χ1n) is 8.79. The molecule has 0 aromatic carbocycles. The van der Waals surface area contributed by atoms with Gasteiger partial charge in [-0.1, -0.05) is 32.9 Å². The van der Waals surface area contributed by atoms with Crippen LogP contribution in [0.4, 0.5) is 0 Å². The fraction of sp³-hybridized carbons (Fsp3) is 0.789. The Morgan fingerprint density at radius 3 is 2.29 bits per heavy atom. The van der Waals surface area contributed by atoms with Crippen LogP contribution >= 0.6 is 0 Å². The number of hydrogen-bond donors (Lipinski definition) is 1. The van der Waals surface area contributed by atoms with Crippen molar-refractivity contribution in [2.24, 2.45) is 0 Å². The molecule has 0 aromatic rings. The highest BCUT2D eigenvalue weighted by atomic mass is 28.4. The van der Waals surface area contributed by atoms with Crippen LogP contribution in [0.25, 0.3) is 0 Å². The van der Waals surface area contributed by atoms with E-state index in [0.29, 0.717) is 6.42 Å². The molecule has 0 amide bonds. The third-order valence-electron chi connectivity index (χ3n) is 5.00. The molecule has 1 saturated heterocycles. The lowest BCUT2D eigenvalue weighted by Crippen LogP contribution is -2.53. The predicted octanol–water partition coefficient (Wildman–Crippen LogP) is 4.41. The Morgan fingerprint density at radius 2 is 1.83 bits per heavy atom. The third kappa shape index (κ3) is 5.26. The number of hydrogen-bond acceptors (Lipinski definition) is 4. The SMILES string of the molecule is C=CCC[C@@H](O)[C@H](O[Si](C)(C)C(C)(C)C)C1OC(C)(C)OC1C=C. The fourth-order valence-electron chi connectivity index (χ4n) is 2.59. The van der Waals surface area contributed by atoms with E-state index in [0.717, 1.165) is 6.42 Å². The summed E-state index contributed by atoms with van der Waals surface area (Å²) in [5.74, 6) is -0.712. The normalized spacial score (nSPS) is 26.8. The van der Waals surface area contributed by atoms with Gasteiger partial charge in [0.15, 0.2) is 14.1 Å². The molecule has 1 rings (SSSR count). The molecule has 4 atom stereocenters. The zero-order chi connectivity index (χ0) is 18.8. The van der Waals surface area contributed by atoms with Crippen molar-refractivity contribution in [3.63, 3.8) is 0 Å². The lowest BCUT2D eigenvalue weighted by Gasteiger charge is -2.42. The summed E-state index contributed by atoms with van der Waals surface area (Å²) in [5.41, 5.74) is 0. The van der Waals surface area contributed by atoms with Crippen molar-refractivity contribution in [2.75, 3.05) is 0 Å². The van der Waals surface area contributed by atoms with Crippen LogP contribution in [0.1, 0.15) is 47.5 Å². The predicted molar refractivity (Wildman–Crippen MR) is 102 cm³/mol. The summed E-state index contributed by atoms with van der Waals surface area (Å²) < 4.78 is 18.6. The molecule has 0 aliphatic carbocycles. The largest absolute Gasteiger partial charge is 0.409 e. The van der Waals surface area contributed by atoms with Crippen molar-refractivity contribution in [3.8, 4) is 0 Å². The lowest BCUT2D eigenvalue weighted by atomic mass is 10.00. The molecule has 0 spiro atoms. The van der Waals surface area contributed by atoms with Gasteiger partial charge in [-0.25, -0.2) is 0 Å². The molecule has 4 nitrogen and oxygen atoms in total. The average molecular weight is 357 g/mol. The minimum atomic E-state index is -2.08. The van der Waals surface area contributed by atoms with Crippen LogP contribution in [0.3, 0.4) is 0 Å². The van der Waals surface area contributed by atoms with Gasteiger partial charge in [-0.15, -0.1) is 13.2 Å². The maximum Gasteiger partial charge on any atom is 0.192 e. The molecular weight excluding hydrogens is 320 g/mol. The standard InChI is InChI=1S/C19H36O4Si/c1-10-12-13-14(20)16(23-24(8,9)18(3,4)5)17-15(11-2)21-19(6,7)22-17/h10-11,14-17,20H,1-2,12-13H2,3-9H3/t14-,15?,16+,17?/m1/s1. The first-order chi connectivity index (χ1) is 10.8. The molecule has 5 heteroatoms. The number of rotatable bonds is 8. The highest BCUT2D eigenvalue weighted by Crippen LogP contribution is 2.40. The minimum Gasteiger partial charge on any atom is -0.409 e. The summed E-state index contributed by atoms with van der Waals surface area (Å²) in [7, 11) is -2.08. The van der Waals surface area contributed by atoms with Gasteiger partial charge >= 0.3 is 0 Å². The Kier molecular flexibility index (Phi) is 7.04. The van der Waals surface area contributed by atoms with Crippen LogP contribution < -0.4 is 0 Å². The fourth-order valence-corrected chi connectivity index (χ4v) is 3.91. The van der Waals surface area contributed by atoms with E-state index in [4.69, 9.17) is 13.9 Å². The zero-order valence-electron chi connectivity index (χ0n) is 16.5. The molecule has 0 radical (unpaired) electrons. The molecular formula is C19H36O4Si. The van der Waals surface area contributed by atoms with Gasteiger partial charge in [-0.05, 0) is 44.8 Å². The number of allylic oxidation sites excluding steroid dienone is 1. The van der Waals surface area contributed by atoms with Gasteiger partial charge in [-0.2, -0.15) is 0 Å². The second-order valence-electron chi connectivity index (χ2n) is 8.58. The van der Waals surface area contributed by atoms with Gasteiger partial charge in [0, 0.05) is 0 Å². The van der Waals surface area contributed by atoms with Gasteiger partial charge in [-0.3, -0.25) is 0 Å². The molecule has 1 heterocycles. The van der Waals surface area contributed by atoms with E-state index in [1.54, 1.807) is 6.08 Å². The van der Waals surface area contributed by atoms with E-state index in [-0.39, 0.29) is 17.2 Å². The highest BCUT2D eigenvalue weighted by molar-refractivity contribution is 6.74. The third-order valence-corrected chi connectivity index (χ3v) is 9.48. The van der Waals surface area contributed by atoms with Gasteiger partial charge in [0.2, 0.25) is 0 Å². The van der Waals surface area contributed by atoms with E-state index in [9.17, 15) is 5.11 Å². The summed E-state index contributed by atoms with van der Waals surface area (Å²) in [6.07, 6.45) is 3.12. The van der Waals surface area contributed by atoms with Crippen molar-refractivity contribution in [2.45, 2.75) is 95.8 Å². The van der Waals surface area contributed by atoms with Crippen LogP contribution in [0, 0.1) is 0 Å². The quantitative estimate of drug-likeness (QED) is 0.517. The zero-order valence-corrected chi connectivity index (χ0v) is 17.5. The maximum atomic E-state index is 10.8. The van der Waals surface area contributed by atoms with Crippen molar-refractivity contribution < 1.29 is 19.0 Å². The van der Waals surface area contributed by atoms with Crippen molar-refractivity contribution in [3.05, 3.63) is 25.3 Å². The van der Waals surface area contributed by atoms with Gasteiger partial charge in [0.1, 0.15) is 18.3 Å². The second kappa shape index (κ2) is 7.83. The molecule has 0 saturated carbocycles. The molecule has 1 aliphatic rings. The Labute approximate surface area is 149 Å². The monoisotopic (exact) mass is 356 g/mol. The number of ether oxygens (including phenoxy) is 2. The first-order valence-corrected chi connectivity index (χ1v) is 11.7. The van der Waals surface area contributed by atoms with Crippen molar-refractivity contribution in [1.29, 1.82) is 0 Å². The number of aliphatic hydroxyl groups excluding tert-OH is 1. The van der Waals surface area contributed by atoms with E-state index in [1.807, 2.05) is 19.9 Å². The summed E-state index contributed by atoms with van der Waals surface area (Å²) in [6.45, 7) is 22.3. The van der Waals surface area contributed by atoms with Crippen LogP contribution in [-0.2, 0) is 13.9 Å². The minimum absolute atomic E-state index is 0.0437. The Bertz CT molecular complexity index is 439. The molecule has 1 aliphatic heterocycles. The summed E-state index contributed by atoms with van der Waals surface area (Å²) in [6, 6.07) is 0. The Balaban J connectivity index is 3.09. The molecule has 2 unspecified atom stereocenters. The lowest BCUT2D eigenvalue weighted by molar-refractivity contribution is -0.159. The summed E-state index contributed by atoms with van der Waals surface area (Å²) in [5, 5.41) is 10.8. The van der Waals surface area contributed by atoms with E-state index >= 15 is 0 Å². The topological polar surface area (TPSA) is 47.9 Å². The van der Waals surface area contributed by atoms with E-state index < -0.39 is 26.3 Å². The molecule has 1 N–H and O–H groups in total. The Hall–Kier alpha value is -0.463. The van der Waals surface area contributed by atoms with E-state index in [2.05, 4.69) is 47.0 Å². The van der Waals surface area contributed by atoms with Gasteiger partial charge in [0.25, 0.3) is 0 Å². The molecule has 0 aromatic heterocycles. The Morgan fingerprint density at radius 1 is 1.25 bits per heavy atom. The van der Waals surface area contributed by atoms with Crippen molar-refractivity contribution >= 4 is 8.32 Å². The first kappa shape index (κ1) is 21.6. The summed E-state index contributed by atoms with van der Waals surface area (Å²) in [4.78, 5) is 0. The van der Waals surface area contributed by atoms with Crippen molar-refractivity contribution in [1.82, 2.24) is 0 Å². The van der Waals surface area contributed by atoms with Crippen LogP contribution in [-0.4, -0.2) is 43.6 Å². The average Bonchev–Trinajstić information content (AvgIpc) is 2.75. The molecule has 24 heavy (non-hydrogen) atoms. The van der Waals surface area contributed by atoms with E-state index in [1.165, 1.54) is 0 Å². The second-order valence-corrected chi connectivity index (χ2v) is 13.3. The number of aliphatic hydroxyl groups is 1. The van der Waals surface area contributed by atoms with Crippen LogP contribution in [0.15, 0.2) is 25.3 Å². The van der Waals surface area contributed by atoms with Gasteiger partial charge < -0.3 is 19.0 Å². The van der Waals surface area contributed by atoms with Gasteiger partial charge in [0.05, 0.1) is 6.10 Å². The summed E-state index contributed by atoms with van der Waals surface area (Å²) >= 11 is 0. The molecule has 140 valence electrons. The molecule has 1 fully saturated rings. The smallest absolute Gasteiger partial charge is 0.192 e. The van der Waals surface area contributed by atoms with Crippen LogP contribution in [0.2, 0.25) is 18.1 Å². The molecule has 0 bridgehead atoms.